The fourth-order valence-electron chi connectivity index (χ4n) is 2.84. The number of thiocarbonyl (C=S) groups is 1. The second-order valence-corrected chi connectivity index (χ2v) is 6.09. The molecular weight excluding hydrogens is 297 g/mol. The number of rotatable bonds is 2. The Balaban J connectivity index is 2.46. The average Bonchev–Trinajstić information content (AvgIpc) is 2.40. The van der Waals surface area contributed by atoms with Crippen LogP contribution >= 0.6 is 12.2 Å². The van der Waals surface area contributed by atoms with Crippen molar-refractivity contribution in [3.05, 3.63) is 29.3 Å². The van der Waals surface area contributed by atoms with Gasteiger partial charge in [0.15, 0.2) is 0 Å². The Labute approximate surface area is 128 Å². The van der Waals surface area contributed by atoms with Crippen LogP contribution in [-0.2, 0) is 6.18 Å². The fraction of sp³-hybridized carbons (Fsp3) is 0.533. The third kappa shape index (κ3) is 3.31. The fourth-order valence-corrected chi connectivity index (χ4v) is 3.00. The zero-order chi connectivity index (χ0) is 15.8. The minimum Gasteiger partial charge on any atom is -0.389 e. The van der Waals surface area contributed by atoms with Gasteiger partial charge < -0.3 is 10.6 Å². The Kier molecular flexibility index (Phi) is 4.46. The van der Waals surface area contributed by atoms with Gasteiger partial charge in [0.05, 0.1) is 5.56 Å². The molecule has 2 unspecified atom stereocenters. The van der Waals surface area contributed by atoms with Crippen molar-refractivity contribution in [3.63, 3.8) is 0 Å². The number of benzene rings is 1. The second-order valence-electron chi connectivity index (χ2n) is 5.65. The lowest BCUT2D eigenvalue weighted by molar-refractivity contribution is -0.137. The van der Waals surface area contributed by atoms with Gasteiger partial charge in [0.2, 0.25) is 0 Å². The normalized spacial score (nSPS) is 23.2. The van der Waals surface area contributed by atoms with Gasteiger partial charge in [0.1, 0.15) is 4.99 Å². The van der Waals surface area contributed by atoms with Crippen LogP contribution in [0.15, 0.2) is 18.2 Å². The van der Waals surface area contributed by atoms with Crippen LogP contribution in [-0.4, -0.2) is 17.6 Å². The molecule has 21 heavy (non-hydrogen) atoms. The molecule has 0 bridgehead atoms. The minimum absolute atomic E-state index is 0.00141. The van der Waals surface area contributed by atoms with E-state index >= 15 is 0 Å². The van der Waals surface area contributed by atoms with Gasteiger partial charge in [-0.3, -0.25) is 0 Å². The molecule has 116 valence electrons. The maximum absolute atomic E-state index is 12.8. The highest BCUT2D eigenvalue weighted by Crippen LogP contribution is 2.35. The number of nitrogens with zero attached hydrogens (tertiary/aromatic N) is 1. The van der Waals surface area contributed by atoms with E-state index in [-0.39, 0.29) is 11.0 Å². The summed E-state index contributed by atoms with van der Waals surface area (Å²) in [5.41, 5.74) is 5.94. The summed E-state index contributed by atoms with van der Waals surface area (Å²) in [6.45, 7) is 5.05. The molecular formula is C15H19F3N2S. The molecule has 1 aliphatic rings. The molecule has 2 atom stereocenters. The van der Waals surface area contributed by atoms with Crippen molar-refractivity contribution in [2.75, 3.05) is 11.4 Å². The molecule has 0 aromatic heterocycles. The third-order valence-electron chi connectivity index (χ3n) is 4.27. The highest BCUT2D eigenvalue weighted by molar-refractivity contribution is 7.80. The molecule has 1 aromatic carbocycles. The summed E-state index contributed by atoms with van der Waals surface area (Å²) in [5, 5.41) is 0. The van der Waals surface area contributed by atoms with Gasteiger partial charge in [-0.05, 0) is 43.9 Å². The lowest BCUT2D eigenvalue weighted by atomic mass is 9.91. The quantitative estimate of drug-likeness (QED) is 0.837. The van der Waals surface area contributed by atoms with E-state index in [1.165, 1.54) is 6.07 Å². The number of anilines is 1. The molecule has 0 radical (unpaired) electrons. The molecule has 0 amide bonds. The summed E-state index contributed by atoms with van der Waals surface area (Å²) in [7, 11) is 0. The van der Waals surface area contributed by atoms with Crippen LogP contribution < -0.4 is 10.6 Å². The lowest BCUT2D eigenvalue weighted by Gasteiger charge is -2.40. The van der Waals surface area contributed by atoms with Gasteiger partial charge in [-0.1, -0.05) is 19.1 Å². The largest absolute Gasteiger partial charge is 0.416 e. The highest BCUT2D eigenvalue weighted by atomic mass is 32.1. The molecule has 6 heteroatoms. The van der Waals surface area contributed by atoms with Crippen LogP contribution in [0.25, 0.3) is 0 Å². The maximum Gasteiger partial charge on any atom is 0.416 e. The van der Waals surface area contributed by atoms with Crippen LogP contribution in [0.1, 0.15) is 37.8 Å². The first-order chi connectivity index (χ1) is 9.71. The number of piperidine rings is 1. The zero-order valence-corrected chi connectivity index (χ0v) is 12.9. The summed E-state index contributed by atoms with van der Waals surface area (Å²) in [5.74, 6) is 0.486. The van der Waals surface area contributed by atoms with E-state index in [0.717, 1.165) is 31.5 Å². The van der Waals surface area contributed by atoms with Crippen molar-refractivity contribution in [3.8, 4) is 0 Å². The molecule has 0 aliphatic carbocycles. The van der Waals surface area contributed by atoms with Crippen LogP contribution in [0.3, 0.4) is 0 Å². The average molecular weight is 316 g/mol. The molecule has 0 spiro atoms. The number of hydrogen-bond donors (Lipinski definition) is 1. The lowest BCUT2D eigenvalue weighted by Crippen LogP contribution is -2.43. The monoisotopic (exact) mass is 316 g/mol. The molecule has 2 N–H and O–H groups in total. The molecule has 2 nitrogen and oxygen atoms in total. The first kappa shape index (κ1) is 16.1. The molecule has 1 aliphatic heterocycles. The van der Waals surface area contributed by atoms with E-state index in [2.05, 4.69) is 18.7 Å². The minimum atomic E-state index is -4.39. The van der Waals surface area contributed by atoms with Crippen molar-refractivity contribution >= 4 is 22.9 Å². The Morgan fingerprint density at radius 1 is 1.33 bits per heavy atom. The Morgan fingerprint density at radius 3 is 2.57 bits per heavy atom. The van der Waals surface area contributed by atoms with Crippen molar-refractivity contribution < 1.29 is 13.2 Å². The highest BCUT2D eigenvalue weighted by Gasteiger charge is 2.33. The zero-order valence-electron chi connectivity index (χ0n) is 12.1. The van der Waals surface area contributed by atoms with E-state index in [1.807, 2.05) is 0 Å². The van der Waals surface area contributed by atoms with Crippen LogP contribution in [0.5, 0.6) is 0 Å². The Bertz CT molecular complexity index is 542. The molecule has 1 heterocycles. The van der Waals surface area contributed by atoms with Gasteiger partial charge in [0, 0.05) is 23.8 Å². The summed E-state index contributed by atoms with van der Waals surface area (Å²) < 4.78 is 38.5. The SMILES string of the molecule is CC1CCCN(c2ccc(C(F)(F)F)cc2C(N)=S)C1C. The van der Waals surface area contributed by atoms with E-state index < -0.39 is 11.7 Å². The molecule has 1 fully saturated rings. The predicted molar refractivity (Wildman–Crippen MR) is 82.5 cm³/mol. The van der Waals surface area contributed by atoms with E-state index in [9.17, 15) is 13.2 Å². The topological polar surface area (TPSA) is 29.3 Å². The molecule has 1 saturated heterocycles. The van der Waals surface area contributed by atoms with Gasteiger partial charge >= 0.3 is 6.18 Å². The van der Waals surface area contributed by atoms with Gasteiger partial charge in [0.25, 0.3) is 0 Å². The summed E-state index contributed by atoms with van der Waals surface area (Å²) in [6.07, 6.45) is -2.25. The number of nitrogens with two attached hydrogens (primary N) is 1. The van der Waals surface area contributed by atoms with Gasteiger partial charge in [-0.15, -0.1) is 0 Å². The Hall–Kier alpha value is -1.30. The second kappa shape index (κ2) is 5.83. The van der Waals surface area contributed by atoms with Gasteiger partial charge in [-0.2, -0.15) is 13.2 Å². The predicted octanol–water partition coefficient (Wildman–Crippen LogP) is 3.96. The maximum atomic E-state index is 12.8. The number of halogens is 3. The van der Waals surface area contributed by atoms with Crippen LogP contribution in [0, 0.1) is 5.92 Å². The smallest absolute Gasteiger partial charge is 0.389 e. The van der Waals surface area contributed by atoms with Crippen molar-refractivity contribution in [2.24, 2.45) is 11.7 Å². The molecule has 1 aromatic rings. The summed E-state index contributed by atoms with van der Waals surface area (Å²) >= 11 is 4.95. The number of alkyl halides is 3. The van der Waals surface area contributed by atoms with Crippen molar-refractivity contribution in [1.82, 2.24) is 0 Å². The summed E-state index contributed by atoms with van der Waals surface area (Å²) in [6, 6.07) is 3.90. The van der Waals surface area contributed by atoms with Crippen LogP contribution in [0.2, 0.25) is 0 Å². The number of hydrogen-bond acceptors (Lipinski definition) is 2. The van der Waals surface area contributed by atoms with Crippen molar-refractivity contribution in [2.45, 2.75) is 38.9 Å². The van der Waals surface area contributed by atoms with E-state index in [1.54, 1.807) is 0 Å². The molecule has 0 saturated carbocycles. The first-order valence-corrected chi connectivity index (χ1v) is 7.40. The Morgan fingerprint density at radius 2 is 2.00 bits per heavy atom. The van der Waals surface area contributed by atoms with E-state index in [0.29, 0.717) is 17.2 Å². The summed E-state index contributed by atoms with van der Waals surface area (Å²) in [4.78, 5) is 2.12. The standard InChI is InChI=1S/C15H19F3N2S/c1-9-4-3-7-20(10(9)2)13-6-5-11(15(16,17)18)8-12(13)14(19)21/h5-6,8-10H,3-4,7H2,1-2H3,(H2,19,21). The van der Waals surface area contributed by atoms with E-state index in [4.69, 9.17) is 18.0 Å². The van der Waals surface area contributed by atoms with Crippen molar-refractivity contribution in [1.29, 1.82) is 0 Å². The third-order valence-corrected chi connectivity index (χ3v) is 4.49. The van der Waals surface area contributed by atoms with Crippen LogP contribution in [0.4, 0.5) is 18.9 Å². The first-order valence-electron chi connectivity index (χ1n) is 6.99. The molecule has 2 rings (SSSR count). The van der Waals surface area contributed by atoms with Gasteiger partial charge in [-0.25, -0.2) is 0 Å².